The highest BCUT2D eigenvalue weighted by molar-refractivity contribution is 6.30. The van der Waals surface area contributed by atoms with Crippen LogP contribution < -0.4 is 0 Å². The third kappa shape index (κ3) is 3.74. The van der Waals surface area contributed by atoms with E-state index in [1.54, 1.807) is 36.4 Å². The van der Waals surface area contributed by atoms with E-state index in [9.17, 15) is 19.1 Å². The van der Waals surface area contributed by atoms with Crippen LogP contribution in [0.15, 0.2) is 60.7 Å². The van der Waals surface area contributed by atoms with Crippen molar-refractivity contribution in [2.75, 3.05) is 7.11 Å². The average molecular weight is 506 g/mol. The number of carboxylic acid groups (broad SMARTS) is 1. The number of ether oxygens (including phenoxy) is 1. The number of nitrogens with zero attached hydrogens (tertiary/aromatic N) is 1. The SMILES string of the molecule is COC1(c2ccc(Cl)cc2)c2c(F)cc(F)cc2C(=O)N1[C@H](c1ccc(Cl)cc1)[C@H](C)C(=O)O. The molecular weight excluding hydrogens is 487 g/mol. The minimum atomic E-state index is -1.90. The summed E-state index contributed by atoms with van der Waals surface area (Å²) in [7, 11) is 1.27. The Morgan fingerprint density at radius 3 is 2.12 bits per heavy atom. The lowest BCUT2D eigenvalue weighted by molar-refractivity contribution is -0.149. The Balaban J connectivity index is 2.08. The van der Waals surface area contributed by atoms with E-state index in [0.717, 1.165) is 11.0 Å². The van der Waals surface area contributed by atoms with Gasteiger partial charge in [-0.05, 0) is 42.8 Å². The van der Waals surface area contributed by atoms with Crippen molar-refractivity contribution in [2.45, 2.75) is 18.7 Å². The molecule has 3 aromatic carbocycles. The number of fused-ring (bicyclic) bond motifs is 1. The van der Waals surface area contributed by atoms with Gasteiger partial charge >= 0.3 is 5.97 Å². The van der Waals surface area contributed by atoms with Crippen molar-refractivity contribution in [1.82, 2.24) is 4.90 Å². The fourth-order valence-corrected chi connectivity index (χ4v) is 4.79. The third-order valence-corrected chi connectivity index (χ3v) is 6.57. The normalized spacial score (nSPS) is 19.1. The van der Waals surface area contributed by atoms with Gasteiger partial charge in [-0.15, -0.1) is 0 Å². The number of amides is 1. The van der Waals surface area contributed by atoms with Crippen molar-refractivity contribution in [1.29, 1.82) is 0 Å². The Labute approximate surface area is 204 Å². The maximum absolute atomic E-state index is 15.4. The zero-order valence-electron chi connectivity index (χ0n) is 18.1. The van der Waals surface area contributed by atoms with Gasteiger partial charge in [0.05, 0.1) is 23.1 Å². The van der Waals surface area contributed by atoms with Gasteiger partial charge in [0.1, 0.15) is 11.6 Å². The van der Waals surface area contributed by atoms with Crippen molar-refractivity contribution in [3.8, 4) is 0 Å². The van der Waals surface area contributed by atoms with Gasteiger partial charge in [0, 0.05) is 28.8 Å². The molecule has 0 radical (unpaired) electrons. The summed E-state index contributed by atoms with van der Waals surface area (Å²) in [6, 6.07) is 12.9. The van der Waals surface area contributed by atoms with Crippen LogP contribution >= 0.6 is 23.2 Å². The van der Waals surface area contributed by atoms with Crippen molar-refractivity contribution < 1.29 is 28.2 Å². The highest BCUT2D eigenvalue weighted by Crippen LogP contribution is 2.52. The Kier molecular flexibility index (Phi) is 6.38. The van der Waals surface area contributed by atoms with Crippen molar-refractivity contribution in [3.63, 3.8) is 0 Å². The zero-order chi connectivity index (χ0) is 24.8. The third-order valence-electron chi connectivity index (χ3n) is 6.07. The Morgan fingerprint density at radius 1 is 1.03 bits per heavy atom. The van der Waals surface area contributed by atoms with Crippen LogP contribution in [0.4, 0.5) is 8.78 Å². The summed E-state index contributed by atoms with van der Waals surface area (Å²) < 4.78 is 35.5. The monoisotopic (exact) mass is 505 g/mol. The van der Waals surface area contributed by atoms with Gasteiger partial charge in [0.2, 0.25) is 0 Å². The second-order valence-corrected chi connectivity index (χ2v) is 8.84. The van der Waals surface area contributed by atoms with Crippen LogP contribution in [0.25, 0.3) is 0 Å². The molecule has 0 spiro atoms. The van der Waals surface area contributed by atoms with Crippen LogP contribution in [-0.2, 0) is 15.3 Å². The first kappa shape index (κ1) is 24.1. The lowest BCUT2D eigenvalue weighted by atomic mass is 9.88. The largest absolute Gasteiger partial charge is 0.481 e. The van der Waals surface area contributed by atoms with Crippen LogP contribution in [0, 0.1) is 17.6 Å². The molecule has 1 amide bonds. The molecule has 176 valence electrons. The molecule has 5 nitrogen and oxygen atoms in total. The number of hydrogen-bond donors (Lipinski definition) is 1. The lowest BCUT2D eigenvalue weighted by Gasteiger charge is -2.44. The first-order valence-corrected chi connectivity index (χ1v) is 11.0. The second kappa shape index (κ2) is 8.98. The van der Waals surface area contributed by atoms with Crippen LogP contribution in [0.1, 0.15) is 40.0 Å². The molecule has 0 aromatic heterocycles. The fraction of sp³-hybridized carbons (Fsp3) is 0.200. The molecule has 0 aliphatic carbocycles. The quantitative estimate of drug-likeness (QED) is 0.443. The van der Waals surface area contributed by atoms with Gasteiger partial charge < -0.3 is 9.84 Å². The van der Waals surface area contributed by atoms with Gasteiger partial charge in [0.15, 0.2) is 5.72 Å². The Morgan fingerprint density at radius 2 is 1.59 bits per heavy atom. The molecule has 9 heteroatoms. The first-order valence-electron chi connectivity index (χ1n) is 10.2. The molecule has 34 heavy (non-hydrogen) atoms. The van der Waals surface area contributed by atoms with E-state index >= 15 is 4.39 Å². The highest BCUT2D eigenvalue weighted by Gasteiger charge is 2.57. The number of carboxylic acids is 1. The number of carbonyl (C=O) groups is 2. The van der Waals surface area contributed by atoms with Crippen molar-refractivity contribution >= 4 is 35.1 Å². The van der Waals surface area contributed by atoms with Gasteiger partial charge in [-0.25, -0.2) is 8.78 Å². The summed E-state index contributed by atoms with van der Waals surface area (Å²) in [4.78, 5) is 27.1. The van der Waals surface area contributed by atoms with Crippen molar-refractivity contribution in [3.05, 3.63) is 105 Å². The number of rotatable bonds is 6. The number of hydrogen-bond acceptors (Lipinski definition) is 3. The second-order valence-electron chi connectivity index (χ2n) is 7.96. The topological polar surface area (TPSA) is 66.8 Å². The standard InChI is InChI=1S/C25H19Cl2F2NO4/c1-13(24(32)33)22(14-3-7-16(26)8-4-14)30-23(31)19-11-18(28)12-20(29)21(19)25(30,34-2)15-5-9-17(27)10-6-15/h3-13,22H,1-2H3,(H,32,33)/t13-,22-,25?/m0/s1. The van der Waals surface area contributed by atoms with Crippen molar-refractivity contribution in [2.24, 2.45) is 5.92 Å². The summed E-state index contributed by atoms with van der Waals surface area (Å²) in [5.74, 6) is -5.08. The van der Waals surface area contributed by atoms with Gasteiger partial charge in [-0.3, -0.25) is 14.5 Å². The van der Waals surface area contributed by atoms with E-state index in [2.05, 4.69) is 0 Å². The summed E-state index contributed by atoms with van der Waals surface area (Å²) in [6.07, 6.45) is 0. The molecular formula is C25H19Cl2F2NO4. The van der Waals surface area contributed by atoms with Crippen LogP contribution in [0.5, 0.6) is 0 Å². The van der Waals surface area contributed by atoms with Crippen LogP contribution in [0.2, 0.25) is 10.0 Å². The average Bonchev–Trinajstić information content (AvgIpc) is 3.05. The molecule has 1 aliphatic rings. The van der Waals surface area contributed by atoms with Crippen LogP contribution in [-0.4, -0.2) is 29.0 Å². The fourth-order valence-electron chi connectivity index (χ4n) is 4.54. The van der Waals surface area contributed by atoms with E-state index in [1.165, 1.54) is 26.2 Å². The lowest BCUT2D eigenvalue weighted by Crippen LogP contribution is -2.51. The smallest absolute Gasteiger partial charge is 0.308 e. The predicted molar refractivity (Wildman–Crippen MR) is 123 cm³/mol. The molecule has 0 saturated heterocycles. The molecule has 0 bridgehead atoms. The Hall–Kier alpha value is -3.00. The Bertz CT molecular complexity index is 1270. The maximum atomic E-state index is 15.4. The summed E-state index contributed by atoms with van der Waals surface area (Å²) in [5, 5.41) is 10.7. The minimum Gasteiger partial charge on any atom is -0.481 e. The molecule has 1 N–H and O–H groups in total. The maximum Gasteiger partial charge on any atom is 0.308 e. The molecule has 1 heterocycles. The summed E-state index contributed by atoms with van der Waals surface area (Å²) >= 11 is 12.1. The molecule has 0 fully saturated rings. The van der Waals surface area contributed by atoms with E-state index in [4.69, 9.17) is 27.9 Å². The van der Waals surface area contributed by atoms with Gasteiger partial charge in [0.25, 0.3) is 5.91 Å². The minimum absolute atomic E-state index is 0.208. The van der Waals surface area contributed by atoms with E-state index in [1.807, 2.05) is 0 Å². The summed E-state index contributed by atoms with van der Waals surface area (Å²) in [6.45, 7) is 1.43. The number of carbonyl (C=O) groups excluding carboxylic acids is 1. The number of methoxy groups -OCH3 is 1. The zero-order valence-corrected chi connectivity index (χ0v) is 19.6. The predicted octanol–water partition coefficient (Wildman–Crippen LogP) is 6.04. The molecule has 3 aromatic rings. The number of aliphatic carboxylic acids is 1. The van der Waals surface area contributed by atoms with E-state index < -0.39 is 41.2 Å². The molecule has 3 atom stereocenters. The number of halogens is 4. The van der Waals surface area contributed by atoms with E-state index in [0.29, 0.717) is 27.2 Å². The first-order chi connectivity index (χ1) is 16.1. The molecule has 1 unspecified atom stereocenters. The van der Waals surface area contributed by atoms with Gasteiger partial charge in [-0.2, -0.15) is 0 Å². The van der Waals surface area contributed by atoms with Crippen LogP contribution in [0.3, 0.4) is 0 Å². The highest BCUT2D eigenvalue weighted by atomic mass is 35.5. The molecule has 4 rings (SSSR count). The van der Waals surface area contributed by atoms with Gasteiger partial charge in [-0.1, -0.05) is 47.5 Å². The summed E-state index contributed by atoms with van der Waals surface area (Å²) in [5.41, 5.74) is -1.63. The van der Waals surface area contributed by atoms with E-state index in [-0.39, 0.29) is 11.1 Å². The molecule has 0 saturated carbocycles. The number of benzene rings is 3. The molecule has 1 aliphatic heterocycles.